The molecule has 1 atom stereocenters. The highest BCUT2D eigenvalue weighted by molar-refractivity contribution is 7.89. The molecule has 0 amide bonds. The molecule has 1 heterocycles. The van der Waals surface area contributed by atoms with E-state index in [1.165, 1.54) is 6.07 Å². The quantitative estimate of drug-likeness (QED) is 0.806. The smallest absolute Gasteiger partial charge is 0.240 e. The van der Waals surface area contributed by atoms with Crippen LogP contribution >= 0.6 is 24.0 Å². The van der Waals surface area contributed by atoms with Gasteiger partial charge in [0.25, 0.3) is 0 Å². The molecule has 8 heteroatoms. The summed E-state index contributed by atoms with van der Waals surface area (Å²) in [5.74, 6) is 0. The van der Waals surface area contributed by atoms with Gasteiger partial charge in [0, 0.05) is 18.7 Å². The van der Waals surface area contributed by atoms with E-state index in [1.807, 2.05) is 0 Å². The Kier molecular flexibility index (Phi) is 7.11. The van der Waals surface area contributed by atoms with Crippen molar-refractivity contribution < 1.29 is 13.2 Å². The topological polar surface area (TPSA) is 67.4 Å². The lowest BCUT2D eigenvalue weighted by Gasteiger charge is -2.29. The fraction of sp³-hybridized carbons (Fsp3) is 0.571. The number of nitrogens with one attached hydrogen (secondary N) is 2. The maximum absolute atomic E-state index is 12.5. The number of rotatable bonds is 6. The van der Waals surface area contributed by atoms with Crippen LogP contribution in [0.3, 0.4) is 0 Å². The first-order valence-electron chi connectivity index (χ1n) is 6.88. The van der Waals surface area contributed by atoms with Crippen LogP contribution in [0, 0.1) is 6.92 Å². The SMILES string of the molecule is COCC1(CNS(=O)(=O)c2cc(Cl)ccc2C)CCCN1.Cl. The predicted molar refractivity (Wildman–Crippen MR) is 90.5 cm³/mol. The fourth-order valence-electron chi connectivity index (χ4n) is 2.64. The molecule has 1 unspecified atom stereocenters. The van der Waals surface area contributed by atoms with Gasteiger partial charge in [-0.2, -0.15) is 0 Å². The Morgan fingerprint density at radius 3 is 2.77 bits per heavy atom. The first-order valence-corrected chi connectivity index (χ1v) is 8.74. The Morgan fingerprint density at radius 2 is 2.18 bits per heavy atom. The molecular formula is C14H22Cl2N2O3S. The summed E-state index contributed by atoms with van der Waals surface area (Å²) in [5.41, 5.74) is 0.348. The number of sulfonamides is 1. The van der Waals surface area contributed by atoms with Crippen molar-refractivity contribution in [2.75, 3.05) is 26.8 Å². The van der Waals surface area contributed by atoms with Crippen molar-refractivity contribution >= 4 is 34.0 Å². The van der Waals surface area contributed by atoms with Gasteiger partial charge in [-0.3, -0.25) is 0 Å². The van der Waals surface area contributed by atoms with Gasteiger partial charge in [0.1, 0.15) is 0 Å². The summed E-state index contributed by atoms with van der Waals surface area (Å²) in [6, 6.07) is 4.86. The van der Waals surface area contributed by atoms with Crippen molar-refractivity contribution in [2.24, 2.45) is 0 Å². The van der Waals surface area contributed by atoms with Gasteiger partial charge < -0.3 is 10.1 Å². The van der Waals surface area contributed by atoms with Crippen LogP contribution in [-0.4, -0.2) is 40.8 Å². The normalized spacial score (nSPS) is 21.6. The Hall–Kier alpha value is -0.370. The van der Waals surface area contributed by atoms with E-state index in [1.54, 1.807) is 26.2 Å². The van der Waals surface area contributed by atoms with E-state index < -0.39 is 10.0 Å². The van der Waals surface area contributed by atoms with Crippen LogP contribution in [-0.2, 0) is 14.8 Å². The van der Waals surface area contributed by atoms with E-state index in [4.69, 9.17) is 16.3 Å². The van der Waals surface area contributed by atoms with Gasteiger partial charge in [-0.25, -0.2) is 13.1 Å². The van der Waals surface area contributed by atoms with Crippen molar-refractivity contribution in [1.82, 2.24) is 10.0 Å². The molecule has 1 aliphatic rings. The van der Waals surface area contributed by atoms with E-state index in [0.717, 1.165) is 19.4 Å². The third kappa shape index (κ3) is 4.57. The van der Waals surface area contributed by atoms with E-state index >= 15 is 0 Å². The lowest BCUT2D eigenvalue weighted by Crippen LogP contribution is -2.52. The van der Waals surface area contributed by atoms with Crippen LogP contribution in [0.15, 0.2) is 23.1 Å². The highest BCUT2D eigenvalue weighted by Crippen LogP contribution is 2.22. The van der Waals surface area contributed by atoms with E-state index in [9.17, 15) is 8.42 Å². The number of aryl methyl sites for hydroxylation is 1. The van der Waals surface area contributed by atoms with Gasteiger partial charge in [-0.15, -0.1) is 12.4 Å². The average Bonchev–Trinajstić information content (AvgIpc) is 2.89. The van der Waals surface area contributed by atoms with Gasteiger partial charge in [-0.05, 0) is 44.0 Å². The highest BCUT2D eigenvalue weighted by atomic mass is 35.5. The number of hydrogen-bond acceptors (Lipinski definition) is 4. The van der Waals surface area contributed by atoms with Crippen LogP contribution in [0.2, 0.25) is 5.02 Å². The fourth-order valence-corrected chi connectivity index (χ4v) is 4.28. The zero-order valence-corrected chi connectivity index (χ0v) is 15.1. The van der Waals surface area contributed by atoms with Crippen LogP contribution < -0.4 is 10.0 Å². The van der Waals surface area contributed by atoms with Crippen molar-refractivity contribution in [3.05, 3.63) is 28.8 Å². The number of ether oxygens (including phenoxy) is 1. The van der Waals surface area contributed by atoms with Crippen molar-refractivity contribution in [1.29, 1.82) is 0 Å². The van der Waals surface area contributed by atoms with Crippen LogP contribution in [0.25, 0.3) is 0 Å². The molecule has 0 aliphatic carbocycles. The summed E-state index contributed by atoms with van der Waals surface area (Å²) in [4.78, 5) is 0.223. The molecule has 1 aliphatic heterocycles. The average molecular weight is 369 g/mol. The maximum atomic E-state index is 12.5. The molecular weight excluding hydrogens is 347 g/mol. The molecule has 0 bridgehead atoms. The van der Waals surface area contributed by atoms with Gasteiger partial charge >= 0.3 is 0 Å². The Bertz CT molecular complexity index is 602. The summed E-state index contributed by atoms with van der Waals surface area (Å²) in [7, 11) is -1.96. The molecule has 0 aromatic heterocycles. The molecule has 1 aromatic rings. The molecule has 1 saturated heterocycles. The number of hydrogen-bond donors (Lipinski definition) is 2. The van der Waals surface area contributed by atoms with Crippen molar-refractivity contribution in [3.8, 4) is 0 Å². The molecule has 5 nitrogen and oxygen atoms in total. The predicted octanol–water partition coefficient (Wildman–Crippen LogP) is 2.12. The number of methoxy groups -OCH3 is 1. The van der Waals surface area contributed by atoms with E-state index in [0.29, 0.717) is 23.7 Å². The van der Waals surface area contributed by atoms with Gasteiger partial charge in [0.2, 0.25) is 10.0 Å². The summed E-state index contributed by atoms with van der Waals surface area (Å²) in [6.07, 6.45) is 1.90. The second kappa shape index (κ2) is 7.95. The molecule has 1 aromatic carbocycles. The van der Waals surface area contributed by atoms with Gasteiger partial charge in [0.05, 0.1) is 17.0 Å². The third-order valence-electron chi connectivity index (χ3n) is 3.79. The number of halogens is 2. The molecule has 0 radical (unpaired) electrons. The summed E-state index contributed by atoms with van der Waals surface area (Å²) in [6.45, 7) is 3.41. The zero-order chi connectivity index (χ0) is 15.5. The standard InChI is InChI=1S/C14H21ClN2O3S.ClH/c1-11-4-5-12(15)8-13(11)21(18,19)17-9-14(10-20-2)6-3-7-16-14;/h4-5,8,16-17H,3,6-7,9-10H2,1-2H3;1H. The molecule has 126 valence electrons. The van der Waals surface area contributed by atoms with E-state index in [2.05, 4.69) is 10.0 Å². The van der Waals surface area contributed by atoms with Crippen molar-refractivity contribution in [2.45, 2.75) is 30.2 Å². The number of benzene rings is 1. The minimum absolute atomic E-state index is 0. The molecule has 0 saturated carbocycles. The minimum atomic E-state index is -3.59. The van der Waals surface area contributed by atoms with Crippen LogP contribution in [0.1, 0.15) is 18.4 Å². The summed E-state index contributed by atoms with van der Waals surface area (Å²) in [5, 5.41) is 3.75. The van der Waals surface area contributed by atoms with Crippen LogP contribution in [0.5, 0.6) is 0 Å². The van der Waals surface area contributed by atoms with Gasteiger partial charge in [-0.1, -0.05) is 17.7 Å². The minimum Gasteiger partial charge on any atom is -0.383 e. The molecule has 2 N–H and O–H groups in total. The summed E-state index contributed by atoms with van der Waals surface area (Å²) >= 11 is 5.90. The third-order valence-corrected chi connectivity index (χ3v) is 5.57. The lowest BCUT2D eigenvalue weighted by atomic mass is 9.99. The zero-order valence-electron chi connectivity index (χ0n) is 12.7. The first kappa shape index (κ1) is 19.7. The van der Waals surface area contributed by atoms with Crippen molar-refractivity contribution in [3.63, 3.8) is 0 Å². The summed E-state index contributed by atoms with van der Waals surface area (Å²) < 4.78 is 32.8. The monoisotopic (exact) mass is 368 g/mol. The lowest BCUT2D eigenvalue weighted by molar-refractivity contribution is 0.122. The largest absolute Gasteiger partial charge is 0.383 e. The second-order valence-electron chi connectivity index (χ2n) is 5.48. The second-order valence-corrected chi connectivity index (χ2v) is 7.65. The Morgan fingerprint density at radius 1 is 1.45 bits per heavy atom. The Labute approximate surface area is 143 Å². The Balaban J connectivity index is 0.00000242. The maximum Gasteiger partial charge on any atom is 0.240 e. The molecule has 1 fully saturated rings. The molecule has 2 rings (SSSR count). The highest BCUT2D eigenvalue weighted by Gasteiger charge is 2.35. The molecule has 0 spiro atoms. The first-order chi connectivity index (χ1) is 9.88. The molecule has 22 heavy (non-hydrogen) atoms. The van der Waals surface area contributed by atoms with Gasteiger partial charge in [0.15, 0.2) is 0 Å². The van der Waals surface area contributed by atoms with Crippen LogP contribution in [0.4, 0.5) is 0 Å². The van der Waals surface area contributed by atoms with E-state index in [-0.39, 0.29) is 22.8 Å².